The highest BCUT2D eigenvalue weighted by atomic mass is 32.2. The Morgan fingerprint density at radius 3 is 2.59 bits per heavy atom. The predicted molar refractivity (Wildman–Crippen MR) is 125 cm³/mol. The second-order valence-corrected chi connectivity index (χ2v) is 8.24. The van der Waals surface area contributed by atoms with E-state index < -0.39 is 0 Å². The lowest BCUT2D eigenvalue weighted by molar-refractivity contribution is -0.122. The van der Waals surface area contributed by atoms with E-state index in [-0.39, 0.29) is 5.91 Å². The molecule has 29 heavy (non-hydrogen) atoms. The van der Waals surface area contributed by atoms with Gasteiger partial charge in [-0.3, -0.25) is 9.69 Å². The van der Waals surface area contributed by atoms with Crippen LogP contribution in [0.25, 0.3) is 0 Å². The van der Waals surface area contributed by atoms with Gasteiger partial charge in [-0.15, -0.1) is 11.8 Å². The number of hydrogen-bond acceptors (Lipinski definition) is 4. The molecule has 1 aliphatic heterocycles. The molecule has 7 heteroatoms. The van der Waals surface area contributed by atoms with Crippen LogP contribution in [0, 0.1) is 0 Å². The highest BCUT2D eigenvalue weighted by molar-refractivity contribution is 7.98. The van der Waals surface area contributed by atoms with Gasteiger partial charge < -0.3 is 15.5 Å². The second-order valence-electron chi connectivity index (χ2n) is 7.01. The van der Waals surface area contributed by atoms with Crippen molar-refractivity contribution in [1.29, 1.82) is 0 Å². The number of carbonyl (C=O) groups excluding carboxylic acids is 1. The second kappa shape index (κ2) is 11.2. The Bertz CT molecular complexity index is 815. The molecule has 1 fully saturated rings. The SMILES string of the molecule is CSc1ccccc1NC(=S)N1CCCN(CC(=O)NCc2ccccc2)CC1. The highest BCUT2D eigenvalue weighted by Gasteiger charge is 2.19. The zero-order valence-electron chi connectivity index (χ0n) is 16.8. The summed E-state index contributed by atoms with van der Waals surface area (Å²) in [6.45, 7) is 4.44. The first kappa shape index (κ1) is 21.6. The van der Waals surface area contributed by atoms with Crippen LogP contribution in [0.5, 0.6) is 0 Å². The number of amides is 1. The minimum absolute atomic E-state index is 0.0666. The Kier molecular flexibility index (Phi) is 8.34. The van der Waals surface area contributed by atoms with Crippen molar-refractivity contribution in [2.45, 2.75) is 17.9 Å². The average molecular weight is 429 g/mol. The van der Waals surface area contributed by atoms with Crippen LogP contribution in [-0.2, 0) is 11.3 Å². The zero-order chi connectivity index (χ0) is 20.5. The summed E-state index contributed by atoms with van der Waals surface area (Å²) >= 11 is 7.36. The summed E-state index contributed by atoms with van der Waals surface area (Å²) < 4.78 is 0. The molecule has 0 unspecified atom stereocenters. The van der Waals surface area contributed by atoms with E-state index in [2.05, 4.69) is 38.8 Å². The summed E-state index contributed by atoms with van der Waals surface area (Å²) in [4.78, 5) is 17.9. The molecule has 0 atom stereocenters. The third-order valence-electron chi connectivity index (χ3n) is 4.92. The van der Waals surface area contributed by atoms with Gasteiger partial charge in [0, 0.05) is 37.6 Å². The van der Waals surface area contributed by atoms with Gasteiger partial charge in [0.25, 0.3) is 0 Å². The smallest absolute Gasteiger partial charge is 0.234 e. The van der Waals surface area contributed by atoms with Crippen LogP contribution in [-0.4, -0.2) is 59.8 Å². The van der Waals surface area contributed by atoms with Gasteiger partial charge in [-0.25, -0.2) is 0 Å². The van der Waals surface area contributed by atoms with E-state index in [4.69, 9.17) is 12.2 Å². The van der Waals surface area contributed by atoms with Crippen molar-refractivity contribution in [1.82, 2.24) is 15.1 Å². The van der Waals surface area contributed by atoms with Crippen molar-refractivity contribution in [2.75, 3.05) is 44.3 Å². The van der Waals surface area contributed by atoms with E-state index in [1.54, 1.807) is 11.8 Å². The molecule has 5 nitrogen and oxygen atoms in total. The number of rotatable bonds is 6. The molecule has 2 N–H and O–H groups in total. The first-order valence-corrected chi connectivity index (χ1v) is 11.5. The van der Waals surface area contributed by atoms with Crippen LogP contribution in [0.1, 0.15) is 12.0 Å². The number of anilines is 1. The predicted octanol–water partition coefficient (Wildman–Crippen LogP) is 3.43. The number of benzene rings is 2. The molecule has 3 rings (SSSR count). The van der Waals surface area contributed by atoms with Gasteiger partial charge in [0.05, 0.1) is 12.2 Å². The van der Waals surface area contributed by atoms with Gasteiger partial charge in [0.1, 0.15) is 0 Å². The van der Waals surface area contributed by atoms with Crippen molar-refractivity contribution in [3.05, 3.63) is 60.2 Å². The van der Waals surface area contributed by atoms with E-state index >= 15 is 0 Å². The van der Waals surface area contributed by atoms with E-state index in [0.717, 1.165) is 49.0 Å². The average Bonchev–Trinajstić information content (AvgIpc) is 2.99. The molecule has 1 aliphatic rings. The molecular formula is C22H28N4OS2. The number of carbonyl (C=O) groups is 1. The van der Waals surface area contributed by atoms with Crippen LogP contribution >= 0.6 is 24.0 Å². The summed E-state index contributed by atoms with van der Waals surface area (Å²) in [6.07, 6.45) is 3.05. The normalized spacial score (nSPS) is 14.9. The zero-order valence-corrected chi connectivity index (χ0v) is 18.4. The molecule has 1 amide bonds. The minimum atomic E-state index is 0.0666. The first-order valence-electron chi connectivity index (χ1n) is 9.87. The highest BCUT2D eigenvalue weighted by Crippen LogP contribution is 2.25. The molecular weight excluding hydrogens is 400 g/mol. The maximum atomic E-state index is 12.3. The molecule has 0 aromatic heterocycles. The van der Waals surface area contributed by atoms with Gasteiger partial charge in [-0.05, 0) is 42.6 Å². The lowest BCUT2D eigenvalue weighted by Crippen LogP contribution is -2.40. The van der Waals surface area contributed by atoms with E-state index in [1.165, 1.54) is 4.90 Å². The fraction of sp³-hybridized carbons (Fsp3) is 0.364. The van der Waals surface area contributed by atoms with Crippen LogP contribution < -0.4 is 10.6 Å². The Balaban J connectivity index is 1.45. The maximum Gasteiger partial charge on any atom is 0.234 e. The Labute approximate surface area is 182 Å². The number of nitrogens with one attached hydrogen (secondary N) is 2. The lowest BCUT2D eigenvalue weighted by Gasteiger charge is -2.25. The molecule has 0 spiro atoms. The molecule has 2 aromatic rings. The fourth-order valence-electron chi connectivity index (χ4n) is 3.33. The van der Waals surface area contributed by atoms with Crippen molar-refractivity contribution in [2.24, 2.45) is 0 Å². The third-order valence-corrected chi connectivity index (χ3v) is 6.08. The van der Waals surface area contributed by atoms with E-state index in [1.807, 2.05) is 42.5 Å². The Morgan fingerprint density at radius 2 is 1.79 bits per heavy atom. The number of thioether (sulfide) groups is 1. The Hall–Kier alpha value is -2.09. The van der Waals surface area contributed by atoms with Crippen molar-refractivity contribution in [3.63, 3.8) is 0 Å². The van der Waals surface area contributed by atoms with Crippen molar-refractivity contribution >= 4 is 40.7 Å². The summed E-state index contributed by atoms with van der Waals surface area (Å²) in [5.74, 6) is 0.0666. The van der Waals surface area contributed by atoms with Crippen LogP contribution in [0.4, 0.5) is 5.69 Å². The summed E-state index contributed by atoms with van der Waals surface area (Å²) in [5.41, 5.74) is 2.16. The lowest BCUT2D eigenvalue weighted by atomic mass is 10.2. The van der Waals surface area contributed by atoms with Gasteiger partial charge in [0.15, 0.2) is 5.11 Å². The molecule has 1 heterocycles. The van der Waals surface area contributed by atoms with Crippen LogP contribution in [0.2, 0.25) is 0 Å². The topological polar surface area (TPSA) is 47.6 Å². The molecule has 0 radical (unpaired) electrons. The Morgan fingerprint density at radius 1 is 1.03 bits per heavy atom. The number of nitrogens with zero attached hydrogens (tertiary/aromatic N) is 2. The largest absolute Gasteiger partial charge is 0.351 e. The summed E-state index contributed by atoms with van der Waals surface area (Å²) in [7, 11) is 0. The number of hydrogen-bond donors (Lipinski definition) is 2. The van der Waals surface area contributed by atoms with Crippen LogP contribution in [0.3, 0.4) is 0 Å². The molecule has 0 aliphatic carbocycles. The van der Waals surface area contributed by atoms with Gasteiger partial charge >= 0.3 is 0 Å². The molecule has 0 bridgehead atoms. The molecule has 0 saturated carbocycles. The standard InChI is InChI=1S/C22H28N4OS2/c1-29-20-11-6-5-10-19(20)24-22(28)26-13-7-12-25(14-15-26)17-21(27)23-16-18-8-3-2-4-9-18/h2-6,8-11H,7,12-17H2,1H3,(H,23,27)(H,24,28). The maximum absolute atomic E-state index is 12.3. The van der Waals surface area contributed by atoms with Crippen molar-refractivity contribution < 1.29 is 4.79 Å². The van der Waals surface area contributed by atoms with E-state index in [9.17, 15) is 4.79 Å². The molecule has 1 saturated heterocycles. The monoisotopic (exact) mass is 428 g/mol. The van der Waals surface area contributed by atoms with Crippen LogP contribution in [0.15, 0.2) is 59.5 Å². The molecule has 154 valence electrons. The number of thiocarbonyl (C=S) groups is 1. The van der Waals surface area contributed by atoms with Gasteiger partial charge in [-0.2, -0.15) is 0 Å². The fourth-order valence-corrected chi connectivity index (χ4v) is 4.18. The first-order chi connectivity index (χ1) is 14.2. The van der Waals surface area contributed by atoms with E-state index in [0.29, 0.717) is 13.1 Å². The number of para-hydroxylation sites is 1. The quantitative estimate of drug-likeness (QED) is 0.543. The molecule has 2 aromatic carbocycles. The third kappa shape index (κ3) is 6.73. The summed E-state index contributed by atoms with van der Waals surface area (Å²) in [5, 5.41) is 7.15. The summed E-state index contributed by atoms with van der Waals surface area (Å²) in [6, 6.07) is 18.2. The van der Waals surface area contributed by atoms with Crippen molar-refractivity contribution in [3.8, 4) is 0 Å². The van der Waals surface area contributed by atoms with Gasteiger partial charge in [0.2, 0.25) is 5.91 Å². The minimum Gasteiger partial charge on any atom is -0.351 e. The van der Waals surface area contributed by atoms with Gasteiger partial charge in [-0.1, -0.05) is 42.5 Å².